The maximum absolute atomic E-state index is 13.3. The monoisotopic (exact) mass is 481 g/mol. The van der Waals surface area contributed by atoms with Crippen molar-refractivity contribution < 1.29 is 24.9 Å². The summed E-state index contributed by atoms with van der Waals surface area (Å²) in [5.74, 6) is 0.708. The molecule has 2 aliphatic rings. The molecule has 8 nitrogen and oxygen atoms in total. The van der Waals surface area contributed by atoms with Gasteiger partial charge in [-0.1, -0.05) is 32.0 Å². The van der Waals surface area contributed by atoms with Gasteiger partial charge in [-0.25, -0.2) is 4.79 Å². The second kappa shape index (κ2) is 10.6. The van der Waals surface area contributed by atoms with Gasteiger partial charge in [-0.15, -0.1) is 0 Å². The Morgan fingerprint density at radius 1 is 1.03 bits per heavy atom. The predicted octanol–water partition coefficient (Wildman–Crippen LogP) is 3.52. The van der Waals surface area contributed by atoms with Gasteiger partial charge in [0.1, 0.15) is 17.5 Å². The predicted molar refractivity (Wildman–Crippen MR) is 132 cm³/mol. The van der Waals surface area contributed by atoms with Crippen molar-refractivity contribution in [3.8, 4) is 11.5 Å². The summed E-state index contributed by atoms with van der Waals surface area (Å²) in [6, 6.07) is 11.5. The number of likely N-dealkylation sites (tertiary alicyclic amines) is 1. The van der Waals surface area contributed by atoms with Crippen LogP contribution in [0.2, 0.25) is 0 Å². The van der Waals surface area contributed by atoms with Crippen molar-refractivity contribution in [2.75, 3.05) is 19.6 Å². The molecule has 2 aliphatic heterocycles. The SMILES string of the molecule is CC(C)[C@@H](CN1CCC(c2cccc(O)c2)CC1)NC(=O)[C@H]1Cc2ccc(O)cc2CN1C(=O)O. The largest absolute Gasteiger partial charge is 0.508 e. The van der Waals surface area contributed by atoms with Gasteiger partial charge in [0.2, 0.25) is 5.91 Å². The molecule has 0 bridgehead atoms. The lowest BCUT2D eigenvalue weighted by molar-refractivity contribution is -0.127. The van der Waals surface area contributed by atoms with E-state index in [1.807, 2.05) is 12.1 Å². The van der Waals surface area contributed by atoms with Gasteiger partial charge in [-0.05, 0) is 78.7 Å². The molecule has 0 saturated carbocycles. The van der Waals surface area contributed by atoms with E-state index in [9.17, 15) is 24.9 Å². The lowest BCUT2D eigenvalue weighted by Gasteiger charge is -2.38. The van der Waals surface area contributed by atoms with Crippen LogP contribution in [0.1, 0.15) is 49.3 Å². The van der Waals surface area contributed by atoms with E-state index in [2.05, 4.69) is 30.1 Å². The van der Waals surface area contributed by atoms with Crippen LogP contribution in [0.15, 0.2) is 42.5 Å². The summed E-state index contributed by atoms with van der Waals surface area (Å²) in [5, 5.41) is 32.4. The molecule has 0 spiro atoms. The lowest BCUT2D eigenvalue weighted by Crippen LogP contribution is -2.56. The average Bonchev–Trinajstić information content (AvgIpc) is 2.83. The molecule has 0 aromatic heterocycles. The first kappa shape index (κ1) is 24.9. The van der Waals surface area contributed by atoms with Crippen molar-refractivity contribution in [1.82, 2.24) is 15.1 Å². The van der Waals surface area contributed by atoms with Gasteiger partial charge in [-0.3, -0.25) is 9.69 Å². The normalized spacial score (nSPS) is 19.9. The third-order valence-corrected chi connectivity index (χ3v) is 7.38. The third kappa shape index (κ3) is 5.88. The number of nitrogens with zero attached hydrogens (tertiary/aromatic N) is 2. The van der Waals surface area contributed by atoms with Crippen LogP contribution < -0.4 is 5.32 Å². The number of phenols is 2. The van der Waals surface area contributed by atoms with Gasteiger partial charge >= 0.3 is 6.09 Å². The first-order chi connectivity index (χ1) is 16.7. The fraction of sp³-hybridized carbons (Fsp3) is 0.481. The number of carbonyl (C=O) groups is 2. The fourth-order valence-corrected chi connectivity index (χ4v) is 5.21. The Labute approximate surface area is 206 Å². The summed E-state index contributed by atoms with van der Waals surface area (Å²) in [4.78, 5) is 28.8. The number of aromatic hydroxyl groups is 2. The van der Waals surface area contributed by atoms with Crippen molar-refractivity contribution in [1.29, 1.82) is 0 Å². The standard InChI is InChI=1S/C27H35N3O5/c1-17(2)24(16-29-10-8-18(9-11-29)19-4-3-5-22(31)12-19)28-26(33)25-14-20-6-7-23(32)13-21(20)15-30(25)27(34)35/h3-7,12-13,17-18,24-25,31-32H,8-11,14-16H2,1-2H3,(H,28,33)(H,34,35)/t24-,25-/m1/s1. The van der Waals surface area contributed by atoms with E-state index in [-0.39, 0.29) is 36.6 Å². The van der Waals surface area contributed by atoms with E-state index in [1.54, 1.807) is 24.3 Å². The highest BCUT2D eigenvalue weighted by Gasteiger charge is 2.36. The smallest absolute Gasteiger partial charge is 0.408 e. The molecule has 35 heavy (non-hydrogen) atoms. The fourth-order valence-electron chi connectivity index (χ4n) is 5.21. The number of hydrogen-bond donors (Lipinski definition) is 4. The minimum Gasteiger partial charge on any atom is -0.508 e. The second-order valence-corrected chi connectivity index (χ2v) is 10.1. The number of hydrogen-bond acceptors (Lipinski definition) is 5. The molecule has 2 aromatic carbocycles. The maximum Gasteiger partial charge on any atom is 0.408 e. The van der Waals surface area contributed by atoms with E-state index < -0.39 is 12.1 Å². The molecule has 2 heterocycles. The Morgan fingerprint density at radius 2 is 1.74 bits per heavy atom. The molecule has 2 atom stereocenters. The van der Waals surface area contributed by atoms with Crippen LogP contribution >= 0.6 is 0 Å². The number of fused-ring (bicyclic) bond motifs is 1. The maximum atomic E-state index is 13.3. The molecule has 4 rings (SSSR count). The minimum atomic E-state index is -1.14. The highest BCUT2D eigenvalue weighted by Crippen LogP contribution is 2.30. The van der Waals surface area contributed by atoms with Gasteiger partial charge in [0.25, 0.3) is 0 Å². The van der Waals surface area contributed by atoms with Crippen LogP contribution in [0.4, 0.5) is 4.79 Å². The quantitative estimate of drug-likeness (QED) is 0.502. The molecule has 4 N–H and O–H groups in total. The van der Waals surface area contributed by atoms with Crippen LogP contribution in [0.5, 0.6) is 11.5 Å². The van der Waals surface area contributed by atoms with Crippen LogP contribution in [-0.4, -0.2) is 68.8 Å². The Hall–Kier alpha value is -3.26. The topological polar surface area (TPSA) is 113 Å². The Bertz CT molecular complexity index is 1060. The van der Waals surface area contributed by atoms with Crippen LogP contribution in [0, 0.1) is 5.92 Å². The summed E-state index contributed by atoms with van der Waals surface area (Å²) >= 11 is 0. The van der Waals surface area contributed by atoms with Crippen molar-refractivity contribution >= 4 is 12.0 Å². The zero-order valence-electron chi connectivity index (χ0n) is 20.4. The molecule has 0 radical (unpaired) electrons. The summed E-state index contributed by atoms with van der Waals surface area (Å²) in [6.45, 7) is 6.73. The molecular formula is C27H35N3O5. The van der Waals surface area contributed by atoms with Gasteiger partial charge in [-0.2, -0.15) is 0 Å². The van der Waals surface area contributed by atoms with Gasteiger partial charge in [0.05, 0.1) is 6.54 Å². The molecular weight excluding hydrogens is 446 g/mol. The lowest BCUT2D eigenvalue weighted by atomic mass is 9.89. The van der Waals surface area contributed by atoms with E-state index in [4.69, 9.17) is 0 Å². The third-order valence-electron chi connectivity index (χ3n) is 7.38. The van der Waals surface area contributed by atoms with E-state index in [0.717, 1.165) is 47.5 Å². The first-order valence-corrected chi connectivity index (χ1v) is 12.3. The van der Waals surface area contributed by atoms with Crippen molar-refractivity contribution in [2.45, 2.75) is 57.7 Å². The van der Waals surface area contributed by atoms with E-state index in [1.165, 1.54) is 0 Å². The van der Waals surface area contributed by atoms with Crippen molar-refractivity contribution in [3.63, 3.8) is 0 Å². The van der Waals surface area contributed by atoms with Gasteiger partial charge in [0.15, 0.2) is 0 Å². The molecule has 1 fully saturated rings. The Kier molecular flexibility index (Phi) is 7.50. The highest BCUT2D eigenvalue weighted by atomic mass is 16.4. The summed E-state index contributed by atoms with van der Waals surface area (Å²) in [7, 11) is 0. The molecule has 2 aromatic rings. The number of carbonyl (C=O) groups excluding carboxylic acids is 1. The minimum absolute atomic E-state index is 0.0754. The molecule has 0 unspecified atom stereocenters. The number of nitrogens with one attached hydrogen (secondary N) is 1. The Balaban J connectivity index is 1.38. The van der Waals surface area contributed by atoms with Crippen molar-refractivity contribution in [2.24, 2.45) is 5.92 Å². The van der Waals surface area contributed by atoms with E-state index in [0.29, 0.717) is 18.2 Å². The second-order valence-electron chi connectivity index (χ2n) is 10.1. The first-order valence-electron chi connectivity index (χ1n) is 12.3. The average molecular weight is 482 g/mol. The van der Waals surface area contributed by atoms with Crippen LogP contribution in [0.3, 0.4) is 0 Å². The number of rotatable bonds is 6. The van der Waals surface area contributed by atoms with Gasteiger partial charge in [0, 0.05) is 19.0 Å². The summed E-state index contributed by atoms with van der Waals surface area (Å²) < 4.78 is 0. The molecule has 188 valence electrons. The molecule has 2 amide bonds. The number of benzene rings is 2. The zero-order valence-corrected chi connectivity index (χ0v) is 20.4. The highest BCUT2D eigenvalue weighted by molar-refractivity contribution is 5.86. The summed E-state index contributed by atoms with van der Waals surface area (Å²) in [5.41, 5.74) is 2.78. The van der Waals surface area contributed by atoms with Crippen LogP contribution in [0.25, 0.3) is 0 Å². The number of amides is 2. The van der Waals surface area contributed by atoms with Crippen LogP contribution in [-0.2, 0) is 17.8 Å². The molecule has 0 aliphatic carbocycles. The number of carboxylic acid groups (broad SMARTS) is 1. The zero-order chi connectivity index (χ0) is 25.1. The summed E-state index contributed by atoms with van der Waals surface area (Å²) in [6.07, 6.45) is 1.12. The molecule has 8 heteroatoms. The number of piperidine rings is 1. The molecule has 1 saturated heterocycles. The Morgan fingerprint density at radius 3 is 2.40 bits per heavy atom. The van der Waals surface area contributed by atoms with Gasteiger partial charge < -0.3 is 25.5 Å². The van der Waals surface area contributed by atoms with E-state index >= 15 is 0 Å². The van der Waals surface area contributed by atoms with Crippen molar-refractivity contribution in [3.05, 3.63) is 59.2 Å². The number of phenolic OH excluding ortho intramolecular Hbond substituents is 2.